The van der Waals surface area contributed by atoms with Gasteiger partial charge in [0, 0.05) is 16.2 Å². The summed E-state index contributed by atoms with van der Waals surface area (Å²) in [7, 11) is 0. The molecule has 0 saturated carbocycles. The molecule has 0 aromatic carbocycles. The molecule has 0 fully saturated rings. The van der Waals surface area contributed by atoms with Crippen molar-refractivity contribution in [3.8, 4) is 0 Å². The predicted molar refractivity (Wildman–Crippen MR) is 66.4 cm³/mol. The van der Waals surface area contributed by atoms with Gasteiger partial charge in [-0.1, -0.05) is 11.6 Å². The van der Waals surface area contributed by atoms with E-state index in [4.69, 9.17) is 11.6 Å². The van der Waals surface area contributed by atoms with E-state index in [2.05, 4.69) is 33.5 Å². The van der Waals surface area contributed by atoms with Gasteiger partial charge in [0.2, 0.25) is 0 Å². The summed E-state index contributed by atoms with van der Waals surface area (Å²) in [5, 5.41) is 19.6. The minimum atomic E-state index is -1.03. The highest BCUT2D eigenvalue weighted by Gasteiger charge is 2.20. The number of aliphatic hydroxyl groups excluding tert-OH is 2. The number of rotatable bonds is 4. The van der Waals surface area contributed by atoms with Crippen LogP contribution in [0.25, 0.3) is 0 Å². The van der Waals surface area contributed by atoms with Gasteiger partial charge < -0.3 is 10.2 Å². The summed E-state index contributed by atoms with van der Waals surface area (Å²) in [4.78, 5) is 3.87. The lowest BCUT2D eigenvalue weighted by Gasteiger charge is -2.18. The Bertz CT molecular complexity index is 340. The average molecular weight is 313 g/mol. The Balaban J connectivity index is 2.89. The summed E-state index contributed by atoms with van der Waals surface area (Å²) in [6.45, 7) is 0. The first-order chi connectivity index (χ1) is 7.06. The highest BCUT2D eigenvalue weighted by molar-refractivity contribution is 9.10. The lowest BCUT2D eigenvalue weighted by molar-refractivity contribution is 0.0171. The zero-order valence-corrected chi connectivity index (χ0v) is 11.0. The molecule has 0 aliphatic rings. The number of hydrogen-bond acceptors (Lipinski definition) is 4. The number of hydrogen-bond donors (Lipinski definition) is 3. The third-order valence-electron chi connectivity index (χ3n) is 1.94. The van der Waals surface area contributed by atoms with Crippen molar-refractivity contribution in [1.82, 2.24) is 4.98 Å². The molecule has 2 unspecified atom stereocenters. The normalized spacial score (nSPS) is 15.0. The maximum atomic E-state index is 9.80. The summed E-state index contributed by atoms with van der Waals surface area (Å²) >= 11 is 13.0. The molecule has 1 aromatic rings. The zero-order chi connectivity index (χ0) is 11.4. The number of halogens is 2. The molecule has 0 amide bonds. The van der Waals surface area contributed by atoms with Crippen molar-refractivity contribution in [2.75, 3.05) is 5.75 Å². The number of pyridine rings is 1. The molecule has 15 heavy (non-hydrogen) atoms. The largest absolute Gasteiger partial charge is 0.390 e. The number of aromatic nitrogens is 1. The van der Waals surface area contributed by atoms with Gasteiger partial charge in [-0.15, -0.1) is 0 Å². The van der Waals surface area contributed by atoms with Gasteiger partial charge in [0.05, 0.1) is 6.10 Å². The molecular formula is C9H11BrClNO2S. The van der Waals surface area contributed by atoms with Crippen LogP contribution in [0.15, 0.2) is 16.7 Å². The van der Waals surface area contributed by atoms with E-state index in [0.29, 0.717) is 22.2 Å². The third kappa shape index (κ3) is 3.60. The Kier molecular flexibility index (Phi) is 5.35. The topological polar surface area (TPSA) is 53.4 Å². The van der Waals surface area contributed by atoms with Crippen molar-refractivity contribution in [3.05, 3.63) is 27.5 Å². The van der Waals surface area contributed by atoms with E-state index in [0.717, 1.165) is 0 Å². The molecule has 2 atom stereocenters. The summed E-state index contributed by atoms with van der Waals surface area (Å²) in [5.74, 6) is 0.497. The molecule has 1 aromatic heterocycles. The zero-order valence-electron chi connectivity index (χ0n) is 7.77. The van der Waals surface area contributed by atoms with Crippen molar-refractivity contribution in [1.29, 1.82) is 0 Å². The lowest BCUT2D eigenvalue weighted by Crippen LogP contribution is -2.19. The second-order valence-electron chi connectivity index (χ2n) is 3.06. The first-order valence-corrected chi connectivity index (χ1v) is 6.14. The van der Waals surface area contributed by atoms with Crippen molar-refractivity contribution in [2.45, 2.75) is 18.6 Å². The fraction of sp³-hybridized carbons (Fsp3) is 0.444. The van der Waals surface area contributed by atoms with E-state index in [1.165, 1.54) is 6.20 Å². The van der Waals surface area contributed by atoms with Crippen molar-refractivity contribution in [2.24, 2.45) is 0 Å². The summed E-state index contributed by atoms with van der Waals surface area (Å²) in [5.41, 5.74) is 0.417. The maximum absolute atomic E-state index is 9.80. The number of thiol groups is 1. The Morgan fingerprint density at radius 1 is 1.53 bits per heavy atom. The molecule has 2 N–H and O–H groups in total. The quantitative estimate of drug-likeness (QED) is 0.590. The summed E-state index contributed by atoms with van der Waals surface area (Å²) < 4.78 is 0.707. The maximum Gasteiger partial charge on any atom is 0.134 e. The molecular weight excluding hydrogens is 302 g/mol. The first-order valence-electron chi connectivity index (χ1n) is 4.34. The molecule has 0 radical (unpaired) electrons. The van der Waals surface area contributed by atoms with E-state index >= 15 is 0 Å². The summed E-state index contributed by atoms with van der Waals surface area (Å²) in [6, 6.07) is 1.64. The summed E-state index contributed by atoms with van der Waals surface area (Å²) in [6.07, 6.45) is 0.0159. The molecule has 0 aliphatic heterocycles. The second kappa shape index (κ2) is 6.06. The van der Waals surface area contributed by atoms with Gasteiger partial charge >= 0.3 is 0 Å². The molecule has 0 aliphatic carbocycles. The standard InChI is InChI=1S/C9H11BrClNO2S/c10-5-3-6(9(11)12-4-5)8(14)7(13)1-2-15/h3-4,7-8,13-15H,1-2H2. The molecule has 1 rings (SSSR count). The van der Waals surface area contributed by atoms with Crippen molar-refractivity contribution in [3.63, 3.8) is 0 Å². The highest BCUT2D eigenvalue weighted by Crippen LogP contribution is 2.27. The Morgan fingerprint density at radius 3 is 2.80 bits per heavy atom. The number of nitrogens with zero attached hydrogens (tertiary/aromatic N) is 1. The average Bonchev–Trinajstić information content (AvgIpc) is 2.21. The van der Waals surface area contributed by atoms with Gasteiger partial charge in [0.1, 0.15) is 11.3 Å². The molecule has 0 bridgehead atoms. The SMILES string of the molecule is OC(CCS)C(O)c1cc(Br)cnc1Cl. The van der Waals surface area contributed by atoms with Crippen LogP contribution in [0, 0.1) is 0 Å². The molecule has 0 saturated heterocycles. The van der Waals surface area contributed by atoms with Gasteiger partial charge in [0.15, 0.2) is 0 Å². The number of aliphatic hydroxyl groups is 2. The molecule has 1 heterocycles. The van der Waals surface area contributed by atoms with Crippen LogP contribution < -0.4 is 0 Å². The smallest absolute Gasteiger partial charge is 0.134 e. The minimum Gasteiger partial charge on any atom is -0.390 e. The van der Waals surface area contributed by atoms with Crippen LogP contribution >= 0.6 is 40.2 Å². The minimum absolute atomic E-state index is 0.198. The predicted octanol–water partition coefficient (Wildman–Crippen LogP) is 2.21. The van der Waals surface area contributed by atoms with E-state index in [1.807, 2.05) is 0 Å². The fourth-order valence-corrected chi connectivity index (χ4v) is 1.97. The molecule has 3 nitrogen and oxygen atoms in total. The van der Waals surface area contributed by atoms with Crippen LogP contribution in [0.1, 0.15) is 18.1 Å². The van der Waals surface area contributed by atoms with E-state index in [-0.39, 0.29) is 5.15 Å². The van der Waals surface area contributed by atoms with Crippen LogP contribution in [-0.2, 0) is 0 Å². The van der Waals surface area contributed by atoms with E-state index < -0.39 is 12.2 Å². The van der Waals surface area contributed by atoms with Crippen LogP contribution in [0.5, 0.6) is 0 Å². The lowest BCUT2D eigenvalue weighted by atomic mass is 10.0. The Labute approximate surface area is 107 Å². The van der Waals surface area contributed by atoms with Crippen molar-refractivity contribution < 1.29 is 10.2 Å². The van der Waals surface area contributed by atoms with Gasteiger partial charge in [-0.3, -0.25) is 0 Å². The van der Waals surface area contributed by atoms with E-state index in [1.54, 1.807) is 6.07 Å². The molecule has 6 heteroatoms. The monoisotopic (exact) mass is 311 g/mol. The van der Waals surface area contributed by atoms with Gasteiger partial charge in [0.25, 0.3) is 0 Å². The van der Waals surface area contributed by atoms with Crippen LogP contribution in [0.4, 0.5) is 0 Å². The van der Waals surface area contributed by atoms with Crippen LogP contribution in [0.2, 0.25) is 5.15 Å². The van der Waals surface area contributed by atoms with Gasteiger partial charge in [-0.05, 0) is 34.2 Å². The van der Waals surface area contributed by atoms with Crippen LogP contribution in [-0.4, -0.2) is 27.1 Å². The van der Waals surface area contributed by atoms with Crippen LogP contribution in [0.3, 0.4) is 0 Å². The van der Waals surface area contributed by atoms with Crippen molar-refractivity contribution >= 4 is 40.2 Å². The fourth-order valence-electron chi connectivity index (χ4n) is 1.14. The van der Waals surface area contributed by atoms with Gasteiger partial charge in [-0.25, -0.2) is 4.98 Å². The Hall–Kier alpha value is 0.190. The molecule has 84 valence electrons. The first kappa shape index (κ1) is 13.3. The Morgan fingerprint density at radius 2 is 2.20 bits per heavy atom. The second-order valence-corrected chi connectivity index (χ2v) is 4.78. The highest BCUT2D eigenvalue weighted by atomic mass is 79.9. The molecule has 0 spiro atoms. The third-order valence-corrected chi connectivity index (χ3v) is 2.95. The van der Waals surface area contributed by atoms with Gasteiger partial charge in [-0.2, -0.15) is 12.6 Å². The van der Waals surface area contributed by atoms with E-state index in [9.17, 15) is 10.2 Å².